The minimum atomic E-state index is 0.478. The predicted molar refractivity (Wildman–Crippen MR) is 63.2 cm³/mol. The normalized spacial score (nSPS) is 10.6. The quantitative estimate of drug-likeness (QED) is 0.846. The highest BCUT2D eigenvalue weighted by Crippen LogP contribution is 2.11. The summed E-state index contributed by atoms with van der Waals surface area (Å²) in [5.41, 5.74) is 7.46. The maximum Gasteiger partial charge on any atom is 0.113 e. The molecule has 0 saturated heterocycles. The average molecular weight is 216 g/mol. The number of nitrogens with zero attached hydrogens (tertiary/aromatic N) is 3. The molecule has 2 aromatic rings. The number of hydrogen-bond acceptors (Lipinski definition) is 3. The highest BCUT2D eigenvalue weighted by Gasteiger charge is 2.03. The predicted octanol–water partition coefficient (Wildman–Crippen LogP) is 1.68. The lowest BCUT2D eigenvalue weighted by Crippen LogP contribution is -2.03. The Balaban J connectivity index is 2.31. The summed E-state index contributed by atoms with van der Waals surface area (Å²) in [6.45, 7) is 2.63. The van der Waals surface area contributed by atoms with E-state index >= 15 is 0 Å². The zero-order chi connectivity index (χ0) is 11.4. The zero-order valence-electron chi connectivity index (χ0n) is 9.43. The highest BCUT2D eigenvalue weighted by atomic mass is 15.1. The van der Waals surface area contributed by atoms with Crippen LogP contribution in [-0.4, -0.2) is 14.5 Å². The zero-order valence-corrected chi connectivity index (χ0v) is 9.43. The Hall–Kier alpha value is -1.68. The molecule has 0 aliphatic heterocycles. The molecule has 16 heavy (non-hydrogen) atoms. The van der Waals surface area contributed by atoms with Crippen LogP contribution in [0.15, 0.2) is 30.7 Å². The number of nitrogens with two attached hydrogens (primary N) is 1. The van der Waals surface area contributed by atoms with Crippen molar-refractivity contribution in [2.24, 2.45) is 5.73 Å². The first-order valence-corrected chi connectivity index (χ1v) is 5.52. The molecule has 0 unspecified atom stereocenters. The molecule has 0 fully saturated rings. The van der Waals surface area contributed by atoms with Crippen molar-refractivity contribution < 1.29 is 0 Å². The Morgan fingerprint density at radius 2 is 2.19 bits per heavy atom. The monoisotopic (exact) mass is 216 g/mol. The number of rotatable bonds is 4. The Morgan fingerprint density at radius 1 is 1.31 bits per heavy atom. The topological polar surface area (TPSA) is 56.7 Å². The summed E-state index contributed by atoms with van der Waals surface area (Å²) in [6.07, 6.45) is 7.69. The summed E-state index contributed by atoms with van der Waals surface area (Å²) in [7, 11) is 0. The van der Waals surface area contributed by atoms with Crippen molar-refractivity contribution in [2.75, 3.05) is 0 Å². The molecule has 0 atom stereocenters. The summed E-state index contributed by atoms with van der Waals surface area (Å²) >= 11 is 0. The van der Waals surface area contributed by atoms with Crippen LogP contribution in [0.2, 0.25) is 0 Å². The number of hydrogen-bond donors (Lipinski definition) is 1. The fourth-order valence-electron chi connectivity index (χ4n) is 1.66. The van der Waals surface area contributed by atoms with E-state index in [-0.39, 0.29) is 0 Å². The van der Waals surface area contributed by atoms with Gasteiger partial charge >= 0.3 is 0 Å². The van der Waals surface area contributed by atoms with Crippen molar-refractivity contribution in [2.45, 2.75) is 26.3 Å². The Morgan fingerprint density at radius 3 is 2.81 bits per heavy atom. The third kappa shape index (κ3) is 2.12. The van der Waals surface area contributed by atoms with Gasteiger partial charge in [-0.25, -0.2) is 4.98 Å². The minimum Gasteiger partial charge on any atom is -0.325 e. The molecule has 0 bridgehead atoms. The summed E-state index contributed by atoms with van der Waals surface area (Å²) in [5.74, 6) is 1.07. The molecule has 2 N–H and O–H groups in total. The van der Waals surface area contributed by atoms with Gasteiger partial charge in [-0.3, -0.25) is 4.98 Å². The lowest BCUT2D eigenvalue weighted by atomic mass is 10.3. The Kier molecular flexibility index (Phi) is 3.31. The number of aryl methyl sites for hydroxylation is 1. The third-order valence-corrected chi connectivity index (χ3v) is 2.49. The highest BCUT2D eigenvalue weighted by molar-refractivity contribution is 5.31. The van der Waals surface area contributed by atoms with Crippen molar-refractivity contribution in [1.82, 2.24) is 14.5 Å². The largest absolute Gasteiger partial charge is 0.325 e. The Bertz CT molecular complexity index is 444. The summed E-state index contributed by atoms with van der Waals surface area (Å²) in [6, 6.07) is 3.97. The number of pyridine rings is 1. The molecule has 2 rings (SSSR count). The van der Waals surface area contributed by atoms with E-state index in [9.17, 15) is 0 Å². The molecular weight excluding hydrogens is 200 g/mol. The number of imidazole rings is 1. The van der Waals surface area contributed by atoms with Gasteiger partial charge in [-0.15, -0.1) is 0 Å². The fraction of sp³-hybridized carbons (Fsp3) is 0.333. The lowest BCUT2D eigenvalue weighted by Gasteiger charge is -2.07. The van der Waals surface area contributed by atoms with E-state index in [0.29, 0.717) is 6.54 Å². The van der Waals surface area contributed by atoms with E-state index in [1.807, 2.05) is 30.7 Å². The second-order valence-electron chi connectivity index (χ2n) is 3.68. The van der Waals surface area contributed by atoms with Crippen LogP contribution in [0.3, 0.4) is 0 Å². The molecule has 0 aliphatic rings. The second-order valence-corrected chi connectivity index (χ2v) is 3.68. The van der Waals surface area contributed by atoms with E-state index in [1.54, 1.807) is 0 Å². The van der Waals surface area contributed by atoms with Gasteiger partial charge in [0.2, 0.25) is 0 Å². The van der Waals surface area contributed by atoms with Crippen LogP contribution in [0, 0.1) is 0 Å². The second kappa shape index (κ2) is 4.90. The molecule has 0 radical (unpaired) electrons. The van der Waals surface area contributed by atoms with Crippen LogP contribution >= 0.6 is 0 Å². The van der Waals surface area contributed by atoms with Crippen LogP contribution in [0.5, 0.6) is 0 Å². The van der Waals surface area contributed by atoms with Gasteiger partial charge in [-0.2, -0.15) is 0 Å². The van der Waals surface area contributed by atoms with E-state index in [1.165, 1.54) is 0 Å². The standard InChI is InChI=1S/C12H16N4/c1-2-3-12-14-6-7-16(12)11-5-4-10(8-13)15-9-11/h4-7,9H,2-3,8,13H2,1H3. The first-order valence-electron chi connectivity index (χ1n) is 5.52. The van der Waals surface area contributed by atoms with Gasteiger partial charge < -0.3 is 10.3 Å². The molecule has 4 heteroatoms. The van der Waals surface area contributed by atoms with Crippen LogP contribution in [-0.2, 0) is 13.0 Å². The van der Waals surface area contributed by atoms with Crippen LogP contribution < -0.4 is 5.73 Å². The van der Waals surface area contributed by atoms with Crippen molar-refractivity contribution >= 4 is 0 Å². The van der Waals surface area contributed by atoms with Crippen molar-refractivity contribution in [1.29, 1.82) is 0 Å². The molecule has 0 spiro atoms. The molecule has 2 heterocycles. The minimum absolute atomic E-state index is 0.478. The lowest BCUT2D eigenvalue weighted by molar-refractivity contribution is 0.806. The number of aromatic nitrogens is 3. The maximum atomic E-state index is 5.51. The molecule has 0 aromatic carbocycles. The average Bonchev–Trinajstić information content (AvgIpc) is 2.78. The van der Waals surface area contributed by atoms with Gasteiger partial charge in [-0.1, -0.05) is 6.92 Å². The summed E-state index contributed by atoms with van der Waals surface area (Å²) < 4.78 is 2.07. The molecule has 0 aliphatic carbocycles. The van der Waals surface area contributed by atoms with Crippen LogP contribution in [0.1, 0.15) is 24.9 Å². The summed E-state index contributed by atoms with van der Waals surface area (Å²) in [5, 5.41) is 0. The first-order chi connectivity index (χ1) is 7.85. The smallest absolute Gasteiger partial charge is 0.113 e. The first kappa shape index (κ1) is 10.8. The van der Waals surface area contributed by atoms with Gasteiger partial charge in [0.1, 0.15) is 5.82 Å². The maximum absolute atomic E-state index is 5.51. The molecule has 84 valence electrons. The SMILES string of the molecule is CCCc1nccn1-c1ccc(CN)nc1. The van der Waals surface area contributed by atoms with E-state index in [0.717, 1.165) is 30.0 Å². The molecule has 2 aromatic heterocycles. The molecular formula is C12H16N4. The van der Waals surface area contributed by atoms with Crippen LogP contribution in [0.25, 0.3) is 5.69 Å². The molecule has 0 amide bonds. The van der Waals surface area contributed by atoms with Crippen molar-refractivity contribution in [3.05, 3.63) is 42.2 Å². The van der Waals surface area contributed by atoms with Gasteiger partial charge in [0.25, 0.3) is 0 Å². The van der Waals surface area contributed by atoms with Gasteiger partial charge in [0.15, 0.2) is 0 Å². The van der Waals surface area contributed by atoms with E-state index in [2.05, 4.69) is 21.5 Å². The molecule has 4 nitrogen and oxygen atoms in total. The van der Waals surface area contributed by atoms with Crippen LogP contribution in [0.4, 0.5) is 0 Å². The molecule has 0 saturated carbocycles. The van der Waals surface area contributed by atoms with Gasteiger partial charge in [0.05, 0.1) is 17.6 Å². The van der Waals surface area contributed by atoms with E-state index in [4.69, 9.17) is 5.73 Å². The third-order valence-electron chi connectivity index (χ3n) is 2.49. The van der Waals surface area contributed by atoms with E-state index < -0.39 is 0 Å². The summed E-state index contributed by atoms with van der Waals surface area (Å²) in [4.78, 5) is 8.62. The van der Waals surface area contributed by atoms with Crippen molar-refractivity contribution in [3.63, 3.8) is 0 Å². The van der Waals surface area contributed by atoms with Gasteiger partial charge in [0, 0.05) is 25.4 Å². The van der Waals surface area contributed by atoms with Crippen molar-refractivity contribution in [3.8, 4) is 5.69 Å². The van der Waals surface area contributed by atoms with Gasteiger partial charge in [-0.05, 0) is 18.6 Å². The Labute approximate surface area is 95.1 Å². The fourth-order valence-corrected chi connectivity index (χ4v) is 1.66.